The molecule has 0 saturated heterocycles. The summed E-state index contributed by atoms with van der Waals surface area (Å²) in [5.74, 6) is 0.945. The number of nitrogens with zero attached hydrogens (tertiary/aromatic N) is 3. The van der Waals surface area contributed by atoms with E-state index in [4.69, 9.17) is 4.98 Å². The standard InChI is InChI=1S/C19H15IN4/c20-12-14-6-8-16(9-7-14)22-19-18(15-4-2-1-3-5-15)23-17-13-21-10-11-24(17)19/h1-11,13,22H,12H2. The van der Waals surface area contributed by atoms with Crippen LogP contribution in [0, 0.1) is 0 Å². The summed E-state index contributed by atoms with van der Waals surface area (Å²) in [4.78, 5) is 8.93. The van der Waals surface area contributed by atoms with Crippen molar-refractivity contribution in [3.63, 3.8) is 0 Å². The average molecular weight is 426 g/mol. The molecule has 2 heterocycles. The lowest BCUT2D eigenvalue weighted by molar-refractivity contribution is 1.13. The largest absolute Gasteiger partial charge is 0.339 e. The van der Waals surface area contributed by atoms with E-state index in [1.54, 1.807) is 12.4 Å². The summed E-state index contributed by atoms with van der Waals surface area (Å²) in [6.45, 7) is 0. The number of halogens is 1. The van der Waals surface area contributed by atoms with Gasteiger partial charge < -0.3 is 5.32 Å². The maximum Gasteiger partial charge on any atom is 0.157 e. The number of alkyl halides is 1. The van der Waals surface area contributed by atoms with Crippen LogP contribution in [0.5, 0.6) is 0 Å². The van der Waals surface area contributed by atoms with Crippen molar-refractivity contribution in [2.45, 2.75) is 4.43 Å². The van der Waals surface area contributed by atoms with E-state index in [0.29, 0.717) is 0 Å². The summed E-state index contributed by atoms with van der Waals surface area (Å²) in [5.41, 5.74) is 5.17. The molecule has 4 aromatic rings. The van der Waals surface area contributed by atoms with E-state index in [-0.39, 0.29) is 0 Å². The number of imidazole rings is 1. The third-order valence-corrected chi connectivity index (χ3v) is 4.73. The summed E-state index contributed by atoms with van der Waals surface area (Å²) in [5, 5.41) is 3.52. The van der Waals surface area contributed by atoms with Crippen molar-refractivity contribution in [3.05, 3.63) is 78.8 Å². The van der Waals surface area contributed by atoms with Crippen molar-refractivity contribution < 1.29 is 0 Å². The third kappa shape index (κ3) is 2.87. The highest BCUT2D eigenvalue weighted by molar-refractivity contribution is 14.1. The first kappa shape index (κ1) is 15.1. The first-order valence-electron chi connectivity index (χ1n) is 7.64. The second-order valence-corrected chi connectivity index (χ2v) is 6.20. The second-order valence-electron chi connectivity index (χ2n) is 5.44. The molecule has 0 atom stereocenters. The van der Waals surface area contributed by atoms with Crippen LogP contribution in [0.4, 0.5) is 11.5 Å². The monoisotopic (exact) mass is 426 g/mol. The van der Waals surface area contributed by atoms with Crippen LogP contribution in [-0.4, -0.2) is 14.4 Å². The van der Waals surface area contributed by atoms with Crippen LogP contribution in [0.15, 0.2) is 73.2 Å². The van der Waals surface area contributed by atoms with Crippen molar-refractivity contribution in [1.82, 2.24) is 14.4 Å². The zero-order chi connectivity index (χ0) is 16.4. The maximum absolute atomic E-state index is 4.75. The summed E-state index contributed by atoms with van der Waals surface area (Å²) < 4.78 is 3.04. The first-order valence-corrected chi connectivity index (χ1v) is 9.17. The summed E-state index contributed by atoms with van der Waals surface area (Å²) >= 11 is 2.37. The Bertz CT molecular complexity index is 962. The van der Waals surface area contributed by atoms with Gasteiger partial charge in [-0.3, -0.25) is 9.38 Å². The molecule has 0 aliphatic heterocycles. The number of aromatic nitrogens is 3. The normalized spacial score (nSPS) is 10.9. The van der Waals surface area contributed by atoms with Gasteiger partial charge in [0.2, 0.25) is 0 Å². The zero-order valence-corrected chi connectivity index (χ0v) is 15.0. The number of anilines is 2. The van der Waals surface area contributed by atoms with Gasteiger partial charge in [-0.05, 0) is 17.7 Å². The number of hydrogen-bond acceptors (Lipinski definition) is 3. The summed E-state index contributed by atoms with van der Waals surface area (Å²) in [6.07, 6.45) is 5.47. The molecule has 0 bridgehead atoms. The predicted octanol–water partition coefficient (Wildman–Crippen LogP) is 5.07. The highest BCUT2D eigenvalue weighted by atomic mass is 127. The SMILES string of the molecule is ICc1ccc(Nc2c(-c3ccccc3)nc3cnccn23)cc1. The van der Waals surface area contributed by atoms with Gasteiger partial charge >= 0.3 is 0 Å². The van der Waals surface area contributed by atoms with E-state index in [9.17, 15) is 0 Å². The quantitative estimate of drug-likeness (QED) is 0.366. The molecular weight excluding hydrogens is 411 g/mol. The number of hydrogen-bond donors (Lipinski definition) is 1. The lowest BCUT2D eigenvalue weighted by Crippen LogP contribution is -1.97. The van der Waals surface area contributed by atoms with Crippen molar-refractivity contribution in [3.8, 4) is 11.3 Å². The van der Waals surface area contributed by atoms with Crippen LogP contribution in [0.2, 0.25) is 0 Å². The van der Waals surface area contributed by atoms with Crippen LogP contribution < -0.4 is 5.32 Å². The Hall–Kier alpha value is -2.41. The topological polar surface area (TPSA) is 42.2 Å². The molecule has 5 heteroatoms. The predicted molar refractivity (Wildman–Crippen MR) is 106 cm³/mol. The van der Waals surface area contributed by atoms with E-state index in [2.05, 4.69) is 69.3 Å². The molecule has 0 amide bonds. The fourth-order valence-corrected chi connectivity index (χ4v) is 3.15. The molecule has 0 unspecified atom stereocenters. The second kappa shape index (κ2) is 6.60. The highest BCUT2D eigenvalue weighted by Crippen LogP contribution is 2.30. The smallest absolute Gasteiger partial charge is 0.157 e. The lowest BCUT2D eigenvalue weighted by atomic mass is 10.1. The number of benzene rings is 2. The van der Waals surface area contributed by atoms with Crippen molar-refractivity contribution in [1.29, 1.82) is 0 Å². The Balaban J connectivity index is 1.83. The number of nitrogens with one attached hydrogen (secondary N) is 1. The van der Waals surface area contributed by atoms with Gasteiger partial charge in [-0.2, -0.15) is 0 Å². The molecule has 0 spiro atoms. The minimum absolute atomic E-state index is 0.822. The zero-order valence-electron chi connectivity index (χ0n) is 12.9. The molecule has 4 nitrogen and oxygen atoms in total. The molecule has 0 radical (unpaired) electrons. The Kier molecular flexibility index (Phi) is 4.17. The van der Waals surface area contributed by atoms with Crippen LogP contribution in [-0.2, 0) is 4.43 Å². The van der Waals surface area contributed by atoms with E-state index >= 15 is 0 Å². The molecule has 24 heavy (non-hydrogen) atoms. The molecule has 2 aromatic heterocycles. The minimum atomic E-state index is 0.822. The molecule has 0 saturated carbocycles. The van der Waals surface area contributed by atoms with Crippen molar-refractivity contribution >= 4 is 39.7 Å². The Morgan fingerprint density at radius 2 is 1.79 bits per heavy atom. The maximum atomic E-state index is 4.75. The molecule has 0 fully saturated rings. The van der Waals surface area contributed by atoms with Gasteiger partial charge in [0.05, 0.1) is 6.20 Å². The van der Waals surface area contributed by atoms with Crippen LogP contribution in [0.3, 0.4) is 0 Å². The number of rotatable bonds is 4. The Morgan fingerprint density at radius 1 is 1.00 bits per heavy atom. The van der Waals surface area contributed by atoms with E-state index in [1.165, 1.54) is 5.56 Å². The molecule has 2 aromatic carbocycles. The average Bonchev–Trinajstić information content (AvgIpc) is 3.02. The van der Waals surface area contributed by atoms with Gasteiger partial charge in [-0.15, -0.1) is 0 Å². The van der Waals surface area contributed by atoms with Gasteiger partial charge in [0.25, 0.3) is 0 Å². The van der Waals surface area contributed by atoms with E-state index in [0.717, 1.165) is 32.8 Å². The molecule has 118 valence electrons. The van der Waals surface area contributed by atoms with E-state index < -0.39 is 0 Å². The lowest BCUT2D eigenvalue weighted by Gasteiger charge is -2.09. The minimum Gasteiger partial charge on any atom is -0.339 e. The Labute approximate surface area is 153 Å². The van der Waals surface area contributed by atoms with Crippen LogP contribution >= 0.6 is 22.6 Å². The van der Waals surface area contributed by atoms with Gasteiger partial charge in [0.15, 0.2) is 5.65 Å². The highest BCUT2D eigenvalue weighted by Gasteiger charge is 2.14. The Morgan fingerprint density at radius 3 is 2.54 bits per heavy atom. The summed E-state index contributed by atoms with van der Waals surface area (Å²) in [6, 6.07) is 18.7. The van der Waals surface area contributed by atoms with Gasteiger partial charge in [-0.25, -0.2) is 4.98 Å². The third-order valence-electron chi connectivity index (χ3n) is 3.85. The van der Waals surface area contributed by atoms with Crippen LogP contribution in [0.25, 0.3) is 16.9 Å². The number of fused-ring (bicyclic) bond motifs is 1. The molecule has 0 aliphatic carbocycles. The fourth-order valence-electron chi connectivity index (χ4n) is 2.64. The van der Waals surface area contributed by atoms with Gasteiger partial charge in [0, 0.05) is 28.1 Å². The van der Waals surface area contributed by atoms with Crippen LogP contribution in [0.1, 0.15) is 5.56 Å². The van der Waals surface area contributed by atoms with Crippen molar-refractivity contribution in [2.24, 2.45) is 0 Å². The molecule has 1 N–H and O–H groups in total. The van der Waals surface area contributed by atoms with Crippen molar-refractivity contribution in [2.75, 3.05) is 5.32 Å². The molecule has 4 rings (SSSR count). The van der Waals surface area contributed by atoms with Gasteiger partial charge in [0.1, 0.15) is 11.5 Å². The molecular formula is C19H15IN4. The fraction of sp³-hybridized carbons (Fsp3) is 0.0526. The van der Waals surface area contributed by atoms with E-state index in [1.807, 2.05) is 28.8 Å². The summed E-state index contributed by atoms with van der Waals surface area (Å²) in [7, 11) is 0. The molecule has 0 aliphatic rings. The first-order chi connectivity index (χ1) is 11.8. The van der Waals surface area contributed by atoms with Gasteiger partial charge in [-0.1, -0.05) is 65.1 Å².